The van der Waals surface area contributed by atoms with E-state index in [-0.39, 0.29) is 0 Å². The van der Waals surface area contributed by atoms with Gasteiger partial charge < -0.3 is 24.0 Å². The van der Waals surface area contributed by atoms with Crippen LogP contribution in [-0.2, 0) is 0 Å². The van der Waals surface area contributed by atoms with Crippen molar-refractivity contribution in [2.45, 2.75) is 0 Å². The number of rotatable bonds is 12. The van der Waals surface area contributed by atoms with Gasteiger partial charge in [-0.3, -0.25) is 0 Å². The van der Waals surface area contributed by atoms with Crippen LogP contribution in [0.15, 0.2) is 368 Å². The van der Waals surface area contributed by atoms with Crippen LogP contribution < -0.4 is 19.6 Å². The van der Waals surface area contributed by atoms with Crippen molar-refractivity contribution in [2.75, 3.05) is 19.6 Å². The van der Waals surface area contributed by atoms with Gasteiger partial charge >= 0.3 is 0 Å². The molecule has 0 aliphatic rings. The summed E-state index contributed by atoms with van der Waals surface area (Å²) in [6, 6.07) is 132. The van der Waals surface area contributed by atoms with Gasteiger partial charge in [0.15, 0.2) is 0 Å². The Hall–Kier alpha value is -12.4. The first-order chi connectivity index (χ1) is 52.5. The molecule has 0 saturated carbocycles. The minimum atomic E-state index is 0.884. The number of anilines is 12. The second kappa shape index (κ2) is 25.8. The van der Waals surface area contributed by atoms with Gasteiger partial charge in [0, 0.05) is 186 Å². The zero-order chi connectivity index (χ0) is 69.8. The molecule has 106 heavy (non-hydrogen) atoms. The molecule has 500 valence electrons. The summed E-state index contributed by atoms with van der Waals surface area (Å²) in [6.45, 7) is 0. The van der Waals surface area contributed by atoms with Gasteiger partial charge in [0.05, 0.1) is 0 Å². The summed E-state index contributed by atoms with van der Waals surface area (Å²) >= 11 is 9.28. The predicted molar refractivity (Wildman–Crippen MR) is 463 cm³/mol. The molecule has 10 heteroatoms. The Labute approximate surface area is 630 Å². The Morgan fingerprint density at radius 2 is 0.368 bits per heavy atom. The number of para-hydroxylation sites is 5. The molecule has 0 aliphatic carbocycles. The summed E-state index contributed by atoms with van der Waals surface area (Å²) in [5.41, 5.74) is 15.4. The third kappa shape index (κ3) is 10.8. The number of fused-ring (bicyclic) bond motifs is 18. The molecule has 5 nitrogen and oxygen atoms in total. The SMILES string of the molecule is c1ccc(N(c2ccc3c(c2)oc2ccccc23)c2ccc3c(c2)sc2ccc(N(c4ccccc4)c4ccc5sc6ccccc6c5c4)cc23)cc1.c1ccc(N(c2ccc3c(c2)sc2ccc(N(c4ccccc4)c4ccc5c(c4)sc4ccccc45)cc23)c2ccc3sc4ccccc4c3c2)cc1. The first-order valence-electron chi connectivity index (χ1n) is 35.5. The lowest BCUT2D eigenvalue weighted by Gasteiger charge is -2.26. The highest BCUT2D eigenvalue weighted by Crippen LogP contribution is 2.50. The fourth-order valence-electron chi connectivity index (χ4n) is 15.6. The minimum absolute atomic E-state index is 0.884. The molecule has 16 aromatic carbocycles. The average molecular weight is 1450 g/mol. The van der Waals surface area contributed by atoms with Crippen molar-refractivity contribution < 1.29 is 4.42 Å². The summed E-state index contributed by atoms with van der Waals surface area (Å²) in [7, 11) is 0. The predicted octanol–water partition coefficient (Wildman–Crippen LogP) is 31.0. The summed E-state index contributed by atoms with van der Waals surface area (Å²) in [4.78, 5) is 9.49. The van der Waals surface area contributed by atoms with E-state index in [0.717, 1.165) is 90.2 Å². The summed E-state index contributed by atoms with van der Waals surface area (Å²) in [5.74, 6) is 0. The second-order valence-corrected chi connectivity index (χ2v) is 32.1. The maximum Gasteiger partial charge on any atom is 0.137 e. The maximum atomic E-state index is 6.33. The second-order valence-electron chi connectivity index (χ2n) is 26.7. The molecular weight excluding hydrogens is 1390 g/mol. The van der Waals surface area contributed by atoms with E-state index in [0.29, 0.717) is 0 Å². The van der Waals surface area contributed by atoms with Crippen LogP contribution in [0.25, 0.3) is 123 Å². The molecule has 0 spiro atoms. The van der Waals surface area contributed by atoms with Gasteiger partial charge in [-0.1, -0.05) is 164 Å². The number of hydrogen-bond acceptors (Lipinski definition) is 10. The van der Waals surface area contributed by atoms with Gasteiger partial charge in [-0.25, -0.2) is 0 Å². The van der Waals surface area contributed by atoms with E-state index >= 15 is 0 Å². The monoisotopic (exact) mass is 1440 g/mol. The topological polar surface area (TPSA) is 26.1 Å². The van der Waals surface area contributed by atoms with Gasteiger partial charge in [0.1, 0.15) is 11.2 Å². The molecule has 0 atom stereocenters. The lowest BCUT2D eigenvalue weighted by Crippen LogP contribution is -2.09. The summed E-state index contributed by atoms with van der Waals surface area (Å²) in [6.07, 6.45) is 0. The van der Waals surface area contributed by atoms with Crippen LogP contribution in [-0.4, -0.2) is 0 Å². The lowest BCUT2D eigenvalue weighted by molar-refractivity contribution is 0.669. The summed E-state index contributed by atoms with van der Waals surface area (Å²) in [5, 5.41) is 15.2. The molecule has 0 saturated heterocycles. The van der Waals surface area contributed by atoms with Gasteiger partial charge in [0.2, 0.25) is 0 Å². The van der Waals surface area contributed by atoms with Gasteiger partial charge in [0.25, 0.3) is 0 Å². The van der Waals surface area contributed by atoms with Crippen molar-refractivity contribution in [3.8, 4) is 0 Å². The first-order valence-corrected chi connectivity index (χ1v) is 39.6. The molecular formula is C96H60N4OS5. The Bertz CT molecular complexity index is 7140. The molecule has 0 bridgehead atoms. The number of benzene rings is 16. The Morgan fingerprint density at radius 1 is 0.142 bits per heavy atom. The highest BCUT2D eigenvalue weighted by molar-refractivity contribution is 7.27. The van der Waals surface area contributed by atoms with E-state index in [1.54, 1.807) is 0 Å². The third-order valence-corrected chi connectivity index (χ3v) is 26.1. The highest BCUT2D eigenvalue weighted by atomic mass is 32.1. The van der Waals surface area contributed by atoms with E-state index < -0.39 is 0 Å². The van der Waals surface area contributed by atoms with Crippen molar-refractivity contribution >= 4 is 248 Å². The molecule has 0 N–H and O–H groups in total. The highest BCUT2D eigenvalue weighted by Gasteiger charge is 2.23. The van der Waals surface area contributed by atoms with Crippen LogP contribution in [0, 0.1) is 0 Å². The van der Waals surface area contributed by atoms with Gasteiger partial charge in [-0.05, 0) is 194 Å². The first kappa shape index (κ1) is 62.2. The van der Waals surface area contributed by atoms with E-state index in [1.165, 1.54) is 101 Å². The third-order valence-electron chi connectivity index (χ3n) is 20.4. The van der Waals surface area contributed by atoms with Crippen LogP contribution in [0.3, 0.4) is 0 Å². The van der Waals surface area contributed by atoms with E-state index in [9.17, 15) is 0 Å². The Morgan fingerprint density at radius 3 is 0.726 bits per heavy atom. The van der Waals surface area contributed by atoms with Crippen LogP contribution >= 0.6 is 56.7 Å². The molecule has 22 rings (SSSR count). The van der Waals surface area contributed by atoms with E-state index in [4.69, 9.17) is 4.42 Å². The fourth-order valence-corrected chi connectivity index (χ4v) is 21.1. The number of nitrogens with zero attached hydrogens (tertiary/aromatic N) is 4. The molecule has 0 radical (unpaired) electrons. The van der Waals surface area contributed by atoms with Crippen molar-refractivity contribution in [2.24, 2.45) is 0 Å². The Kier molecular flexibility index (Phi) is 15.1. The molecule has 0 aliphatic heterocycles. The van der Waals surface area contributed by atoms with Crippen molar-refractivity contribution in [3.05, 3.63) is 364 Å². The smallest absolute Gasteiger partial charge is 0.137 e. The largest absolute Gasteiger partial charge is 0.456 e. The van der Waals surface area contributed by atoms with Crippen molar-refractivity contribution in [1.29, 1.82) is 0 Å². The standard InChI is InChI=1S/C48H30N2OS2.C48H30N2S3/c1-3-11-31(12-4-1)49(33-21-25-46-41(27-33)39-16-8-10-18-45(39)52-46)34-22-26-47-42(28-34)40-24-20-36(30-48(40)53-47)50(32-13-5-2-6-14-32)35-19-23-38-37-15-7-9-17-43(37)51-44(38)29-35;1-3-11-31(12-4-1)49(33-21-25-45-41(27-33)38-16-8-10-18-44(38)51-45)36-20-24-40-42-28-34(22-26-46(42)53-48(40)30-36)50(32-13-5-2-6-14-32)35-19-23-39-37-15-7-9-17-43(37)52-47(39)29-35/h2*1-30H. The number of thiophene rings is 5. The van der Waals surface area contributed by atoms with E-state index in [2.05, 4.69) is 371 Å². The lowest BCUT2D eigenvalue weighted by atomic mass is 10.1. The van der Waals surface area contributed by atoms with Gasteiger partial charge in [-0.15, -0.1) is 56.7 Å². The maximum absolute atomic E-state index is 6.33. The summed E-state index contributed by atoms with van der Waals surface area (Å²) < 4.78 is 19.3. The zero-order valence-corrected chi connectivity index (χ0v) is 61.0. The number of hydrogen-bond donors (Lipinski definition) is 0. The molecule has 22 aromatic rings. The molecule has 0 amide bonds. The van der Waals surface area contributed by atoms with Crippen molar-refractivity contribution in [1.82, 2.24) is 0 Å². The number of furan rings is 1. The molecule has 6 heterocycles. The Balaban J connectivity index is 0.000000136. The van der Waals surface area contributed by atoms with Crippen molar-refractivity contribution in [3.63, 3.8) is 0 Å². The molecule has 0 fully saturated rings. The quantitative estimate of drug-likeness (QED) is 0.121. The molecule has 0 unspecified atom stereocenters. The average Bonchev–Trinajstić information content (AvgIpc) is 1.60. The van der Waals surface area contributed by atoms with E-state index in [1.807, 2.05) is 68.8 Å². The van der Waals surface area contributed by atoms with Crippen LogP contribution in [0.1, 0.15) is 0 Å². The van der Waals surface area contributed by atoms with Crippen LogP contribution in [0.4, 0.5) is 68.2 Å². The van der Waals surface area contributed by atoms with Crippen LogP contribution in [0.5, 0.6) is 0 Å². The zero-order valence-electron chi connectivity index (χ0n) is 56.9. The molecule has 6 aromatic heterocycles. The van der Waals surface area contributed by atoms with Gasteiger partial charge in [-0.2, -0.15) is 0 Å². The minimum Gasteiger partial charge on any atom is -0.456 e. The normalized spacial score (nSPS) is 11.8. The fraction of sp³-hybridized carbons (Fsp3) is 0. The van der Waals surface area contributed by atoms with Crippen LogP contribution in [0.2, 0.25) is 0 Å².